The Morgan fingerprint density at radius 1 is 1.09 bits per heavy atom. The van der Waals surface area contributed by atoms with Crippen molar-refractivity contribution in [1.29, 1.82) is 0 Å². The van der Waals surface area contributed by atoms with Crippen molar-refractivity contribution in [3.8, 4) is 5.75 Å². The van der Waals surface area contributed by atoms with Gasteiger partial charge in [-0.25, -0.2) is 9.78 Å². The molecule has 0 aliphatic heterocycles. The van der Waals surface area contributed by atoms with Crippen LogP contribution in [0.15, 0.2) is 60.0 Å². The zero-order valence-electron chi connectivity index (χ0n) is 17.8. The van der Waals surface area contributed by atoms with E-state index in [0.29, 0.717) is 18.2 Å². The summed E-state index contributed by atoms with van der Waals surface area (Å²) < 4.78 is 10.4. The Hall–Kier alpha value is -3.39. The van der Waals surface area contributed by atoms with Gasteiger partial charge >= 0.3 is 5.97 Å². The maximum absolute atomic E-state index is 12.7. The highest BCUT2D eigenvalue weighted by atomic mass is 32.1. The summed E-state index contributed by atoms with van der Waals surface area (Å²) in [6, 6.07) is 17.8. The molecule has 8 heteroatoms. The molecular formula is C24H25N3O4S. The Labute approximate surface area is 191 Å². The number of thiazole rings is 1. The first-order valence-corrected chi connectivity index (χ1v) is 11.3. The molecule has 2 aromatic carbocycles. The Morgan fingerprint density at radius 2 is 1.84 bits per heavy atom. The van der Waals surface area contributed by atoms with Crippen molar-refractivity contribution in [2.75, 3.05) is 19.0 Å². The molecule has 1 N–H and O–H groups in total. The lowest BCUT2D eigenvalue weighted by Gasteiger charge is -2.22. The standard InChI is InChI=1S/C24H25N3O4S/c1-30-20-11-7-18(8-12-20)14-27(19-9-10-19)22(28)15-31-23(29)21-16-32-24(26-21)25-13-17-5-3-2-4-6-17/h2-8,11-12,16,19H,9-10,13-15H2,1H3,(H,25,26). The maximum Gasteiger partial charge on any atom is 0.358 e. The predicted molar refractivity (Wildman–Crippen MR) is 123 cm³/mol. The van der Waals surface area contributed by atoms with Crippen LogP contribution in [-0.4, -0.2) is 41.5 Å². The van der Waals surface area contributed by atoms with Gasteiger partial charge in [-0.2, -0.15) is 0 Å². The fourth-order valence-electron chi connectivity index (χ4n) is 3.24. The van der Waals surface area contributed by atoms with Gasteiger partial charge in [0.1, 0.15) is 5.75 Å². The van der Waals surface area contributed by atoms with Crippen LogP contribution in [0.25, 0.3) is 0 Å². The number of nitrogens with zero attached hydrogens (tertiary/aromatic N) is 2. The molecule has 1 fully saturated rings. The summed E-state index contributed by atoms with van der Waals surface area (Å²) >= 11 is 1.33. The molecule has 0 unspecified atom stereocenters. The van der Waals surface area contributed by atoms with Crippen molar-refractivity contribution >= 4 is 28.3 Å². The number of carbonyl (C=O) groups excluding carboxylic acids is 2. The van der Waals surface area contributed by atoms with Crippen LogP contribution >= 0.6 is 11.3 Å². The molecule has 1 aromatic heterocycles. The second-order valence-electron chi connectivity index (χ2n) is 7.55. The molecule has 166 valence electrons. The summed E-state index contributed by atoms with van der Waals surface area (Å²) in [6.07, 6.45) is 1.94. The predicted octanol–water partition coefficient (Wildman–Crippen LogP) is 4.11. The highest BCUT2D eigenvalue weighted by molar-refractivity contribution is 7.13. The lowest BCUT2D eigenvalue weighted by atomic mass is 10.2. The molecule has 1 amide bonds. The smallest absolute Gasteiger partial charge is 0.358 e. The van der Waals surface area contributed by atoms with Gasteiger partial charge < -0.3 is 19.7 Å². The quantitative estimate of drug-likeness (QED) is 0.467. The molecule has 0 radical (unpaired) electrons. The first-order valence-electron chi connectivity index (χ1n) is 10.4. The van der Waals surface area contributed by atoms with Gasteiger partial charge in [0, 0.05) is 24.5 Å². The van der Waals surface area contributed by atoms with Crippen LogP contribution in [0.3, 0.4) is 0 Å². The maximum atomic E-state index is 12.7. The summed E-state index contributed by atoms with van der Waals surface area (Å²) in [7, 11) is 1.62. The van der Waals surface area contributed by atoms with Crippen molar-refractivity contribution in [1.82, 2.24) is 9.88 Å². The van der Waals surface area contributed by atoms with E-state index in [1.165, 1.54) is 11.3 Å². The molecule has 1 aliphatic carbocycles. The van der Waals surface area contributed by atoms with Crippen molar-refractivity contribution in [3.05, 3.63) is 76.8 Å². The fraction of sp³-hybridized carbons (Fsp3) is 0.292. The number of nitrogens with one attached hydrogen (secondary N) is 1. The van der Waals surface area contributed by atoms with Gasteiger partial charge in [0.25, 0.3) is 5.91 Å². The van der Waals surface area contributed by atoms with Crippen molar-refractivity contribution < 1.29 is 19.1 Å². The van der Waals surface area contributed by atoms with Crippen LogP contribution in [-0.2, 0) is 22.6 Å². The molecule has 32 heavy (non-hydrogen) atoms. The molecule has 7 nitrogen and oxygen atoms in total. The first-order chi connectivity index (χ1) is 15.6. The Balaban J connectivity index is 1.28. The molecular weight excluding hydrogens is 426 g/mol. The summed E-state index contributed by atoms with van der Waals surface area (Å²) in [5.74, 6) is -0.0234. The van der Waals surface area contributed by atoms with Gasteiger partial charge in [0.15, 0.2) is 17.4 Å². The molecule has 1 heterocycles. The van der Waals surface area contributed by atoms with Crippen LogP contribution in [0.2, 0.25) is 0 Å². The molecule has 4 rings (SSSR count). The molecule has 1 aliphatic rings. The van der Waals surface area contributed by atoms with E-state index in [2.05, 4.69) is 10.3 Å². The molecule has 1 saturated carbocycles. The van der Waals surface area contributed by atoms with Crippen molar-refractivity contribution in [3.63, 3.8) is 0 Å². The van der Waals surface area contributed by atoms with Gasteiger partial charge in [0.2, 0.25) is 0 Å². The van der Waals surface area contributed by atoms with Crippen molar-refractivity contribution in [2.45, 2.75) is 32.0 Å². The third-order valence-corrected chi connectivity index (χ3v) is 5.95. The lowest BCUT2D eigenvalue weighted by molar-refractivity contribution is -0.135. The minimum absolute atomic E-state index is 0.200. The summed E-state index contributed by atoms with van der Waals surface area (Å²) in [6.45, 7) is 0.800. The van der Waals surface area contributed by atoms with Gasteiger partial charge in [-0.05, 0) is 36.1 Å². The Bertz CT molecular complexity index is 1050. The van der Waals surface area contributed by atoms with Crippen LogP contribution in [0.5, 0.6) is 5.75 Å². The third-order valence-electron chi connectivity index (χ3n) is 5.15. The number of esters is 1. The first kappa shape index (κ1) is 21.8. The second-order valence-corrected chi connectivity index (χ2v) is 8.41. The molecule has 0 bridgehead atoms. The van der Waals surface area contributed by atoms with E-state index in [1.54, 1.807) is 17.4 Å². The van der Waals surface area contributed by atoms with E-state index in [1.807, 2.05) is 54.6 Å². The zero-order chi connectivity index (χ0) is 22.3. The Kier molecular flexibility index (Phi) is 7.01. The molecule has 0 atom stereocenters. The van der Waals surface area contributed by atoms with E-state index in [-0.39, 0.29) is 24.2 Å². The number of ether oxygens (including phenoxy) is 2. The largest absolute Gasteiger partial charge is 0.497 e. The molecule has 0 saturated heterocycles. The fourth-order valence-corrected chi connectivity index (χ4v) is 3.92. The normalized spacial score (nSPS) is 12.8. The average Bonchev–Trinajstić information content (AvgIpc) is 3.56. The van der Waals surface area contributed by atoms with Crippen LogP contribution in [0.1, 0.15) is 34.5 Å². The SMILES string of the molecule is COc1ccc(CN(C(=O)COC(=O)c2csc(NCc3ccccc3)n2)C2CC2)cc1. The van der Waals surface area contributed by atoms with Gasteiger partial charge in [-0.1, -0.05) is 42.5 Å². The summed E-state index contributed by atoms with van der Waals surface area (Å²) in [5, 5.41) is 5.46. The van der Waals surface area contributed by atoms with E-state index >= 15 is 0 Å². The number of hydrogen-bond acceptors (Lipinski definition) is 7. The van der Waals surface area contributed by atoms with E-state index in [9.17, 15) is 9.59 Å². The Morgan fingerprint density at radius 3 is 2.53 bits per heavy atom. The third kappa shape index (κ3) is 5.85. The molecule has 3 aromatic rings. The number of anilines is 1. The van der Waals surface area contributed by atoms with Gasteiger partial charge in [-0.15, -0.1) is 11.3 Å². The minimum atomic E-state index is -0.595. The number of hydrogen-bond donors (Lipinski definition) is 1. The number of benzene rings is 2. The molecule has 0 spiro atoms. The van der Waals surface area contributed by atoms with Crippen molar-refractivity contribution in [2.24, 2.45) is 0 Å². The number of methoxy groups -OCH3 is 1. The zero-order valence-corrected chi connectivity index (χ0v) is 18.6. The van der Waals surface area contributed by atoms with E-state index in [4.69, 9.17) is 9.47 Å². The second kappa shape index (κ2) is 10.3. The van der Waals surface area contributed by atoms with Crippen LogP contribution in [0, 0.1) is 0 Å². The number of carbonyl (C=O) groups is 2. The minimum Gasteiger partial charge on any atom is -0.497 e. The monoisotopic (exact) mass is 451 g/mol. The highest BCUT2D eigenvalue weighted by Gasteiger charge is 2.33. The lowest BCUT2D eigenvalue weighted by Crippen LogP contribution is -2.36. The number of rotatable bonds is 10. The summed E-state index contributed by atoms with van der Waals surface area (Å²) in [4.78, 5) is 31.2. The van der Waals surface area contributed by atoms with Gasteiger partial charge in [-0.3, -0.25) is 4.79 Å². The van der Waals surface area contributed by atoms with Crippen LogP contribution < -0.4 is 10.1 Å². The van der Waals surface area contributed by atoms with Gasteiger partial charge in [0.05, 0.1) is 7.11 Å². The van der Waals surface area contributed by atoms with Crippen LogP contribution in [0.4, 0.5) is 5.13 Å². The average molecular weight is 452 g/mol. The van der Waals surface area contributed by atoms with E-state index < -0.39 is 5.97 Å². The topological polar surface area (TPSA) is 80.8 Å². The van der Waals surface area contributed by atoms with E-state index in [0.717, 1.165) is 29.7 Å². The number of aromatic nitrogens is 1. The number of amides is 1. The summed E-state index contributed by atoms with van der Waals surface area (Å²) in [5.41, 5.74) is 2.33. The highest BCUT2D eigenvalue weighted by Crippen LogP contribution is 2.29.